The van der Waals surface area contributed by atoms with Crippen LogP contribution >= 0.6 is 0 Å². The van der Waals surface area contributed by atoms with Crippen LogP contribution in [0.25, 0.3) is 11.4 Å². The minimum absolute atomic E-state index is 0.679. The number of aryl methyl sites for hydroxylation is 1. The van der Waals surface area contributed by atoms with Gasteiger partial charge in [-0.2, -0.15) is 0 Å². The van der Waals surface area contributed by atoms with Crippen molar-refractivity contribution in [2.24, 2.45) is 0 Å². The first kappa shape index (κ1) is 12.5. The zero-order chi connectivity index (χ0) is 12.8. The molecule has 2 rings (SSSR count). The van der Waals surface area contributed by atoms with Crippen molar-refractivity contribution >= 4 is 5.69 Å². The molecule has 0 saturated heterocycles. The van der Waals surface area contributed by atoms with Crippen LogP contribution in [0.2, 0.25) is 0 Å². The number of hydrogen-bond donors (Lipinski definition) is 1. The number of aromatic nitrogens is 4. The molecular weight excluding hydrogens is 230 g/mol. The molecule has 0 unspecified atom stereocenters. The molecule has 1 aromatic carbocycles. The van der Waals surface area contributed by atoms with Crippen LogP contribution in [-0.4, -0.2) is 33.4 Å². The van der Waals surface area contributed by atoms with E-state index in [0.717, 1.165) is 25.1 Å². The molecule has 1 aromatic heterocycles. The summed E-state index contributed by atoms with van der Waals surface area (Å²) in [6.07, 6.45) is 0.874. The molecule has 0 aliphatic heterocycles. The van der Waals surface area contributed by atoms with Crippen molar-refractivity contribution in [3.8, 4) is 11.4 Å². The molecule has 0 aliphatic rings. The lowest BCUT2D eigenvalue weighted by atomic mass is 10.1. The lowest BCUT2D eigenvalue weighted by molar-refractivity contribution is 0.141. The summed E-state index contributed by atoms with van der Waals surface area (Å²) in [7, 11) is 0. The van der Waals surface area contributed by atoms with Crippen molar-refractivity contribution < 1.29 is 4.74 Å². The van der Waals surface area contributed by atoms with E-state index in [9.17, 15) is 0 Å². The van der Waals surface area contributed by atoms with E-state index in [-0.39, 0.29) is 0 Å². The fourth-order valence-corrected chi connectivity index (χ4v) is 1.71. The van der Waals surface area contributed by atoms with E-state index in [2.05, 4.69) is 15.5 Å². The van der Waals surface area contributed by atoms with Crippen molar-refractivity contribution in [1.82, 2.24) is 20.2 Å². The van der Waals surface area contributed by atoms with Crippen LogP contribution in [0.15, 0.2) is 24.3 Å². The largest absolute Gasteiger partial charge is 0.398 e. The van der Waals surface area contributed by atoms with E-state index < -0.39 is 0 Å². The molecule has 96 valence electrons. The number of nitrogens with zero attached hydrogens (tertiary/aromatic N) is 4. The summed E-state index contributed by atoms with van der Waals surface area (Å²) in [4.78, 5) is 0. The molecule has 0 aliphatic carbocycles. The van der Waals surface area contributed by atoms with Gasteiger partial charge in [-0.15, -0.1) is 5.10 Å². The van der Waals surface area contributed by atoms with E-state index in [0.29, 0.717) is 18.1 Å². The number of para-hydroxylation sites is 1. The quantitative estimate of drug-likeness (QED) is 0.615. The van der Waals surface area contributed by atoms with Crippen molar-refractivity contribution in [2.75, 3.05) is 18.9 Å². The highest BCUT2D eigenvalue weighted by Gasteiger charge is 2.10. The smallest absolute Gasteiger partial charge is 0.184 e. The van der Waals surface area contributed by atoms with E-state index >= 15 is 0 Å². The normalized spacial score (nSPS) is 10.7. The summed E-state index contributed by atoms with van der Waals surface area (Å²) in [6, 6.07) is 7.57. The van der Waals surface area contributed by atoms with E-state index in [1.54, 1.807) is 4.68 Å². The van der Waals surface area contributed by atoms with Gasteiger partial charge in [0.25, 0.3) is 0 Å². The van der Waals surface area contributed by atoms with Gasteiger partial charge in [-0.25, -0.2) is 4.68 Å². The topological polar surface area (TPSA) is 78.8 Å². The molecule has 18 heavy (non-hydrogen) atoms. The van der Waals surface area contributed by atoms with Gasteiger partial charge in [0.2, 0.25) is 0 Å². The Bertz CT molecular complexity index is 497. The highest BCUT2D eigenvalue weighted by atomic mass is 16.5. The van der Waals surface area contributed by atoms with Gasteiger partial charge in [-0.3, -0.25) is 0 Å². The summed E-state index contributed by atoms with van der Waals surface area (Å²) in [5.41, 5.74) is 7.46. The molecule has 1 heterocycles. The lowest BCUT2D eigenvalue weighted by Crippen LogP contribution is -2.07. The Hall–Kier alpha value is -1.95. The minimum atomic E-state index is 0.679. The van der Waals surface area contributed by atoms with Crippen LogP contribution in [0.4, 0.5) is 5.69 Å². The second-order valence-electron chi connectivity index (χ2n) is 3.86. The Kier molecular flexibility index (Phi) is 4.25. The fourth-order valence-electron chi connectivity index (χ4n) is 1.71. The molecule has 2 aromatic rings. The lowest BCUT2D eigenvalue weighted by Gasteiger charge is -2.06. The standard InChI is InChI=1S/C12H17N5O/c1-2-18-9-5-8-17-12(14-15-16-17)10-6-3-4-7-11(10)13/h3-4,6-7H,2,5,8-9,13H2,1H3. The van der Waals surface area contributed by atoms with Crippen LogP contribution in [0.1, 0.15) is 13.3 Å². The Morgan fingerprint density at radius 1 is 1.33 bits per heavy atom. The molecule has 0 radical (unpaired) electrons. The van der Waals surface area contributed by atoms with Gasteiger partial charge in [0.1, 0.15) is 0 Å². The van der Waals surface area contributed by atoms with Crippen LogP contribution in [0, 0.1) is 0 Å². The SMILES string of the molecule is CCOCCCn1nnnc1-c1ccccc1N. The van der Waals surface area contributed by atoms with E-state index in [1.165, 1.54) is 0 Å². The number of anilines is 1. The molecule has 0 bridgehead atoms. The third-order valence-electron chi connectivity index (χ3n) is 2.60. The van der Waals surface area contributed by atoms with Gasteiger partial charge >= 0.3 is 0 Å². The molecule has 0 fully saturated rings. The van der Waals surface area contributed by atoms with Gasteiger partial charge in [0.15, 0.2) is 5.82 Å². The van der Waals surface area contributed by atoms with E-state index in [1.807, 2.05) is 31.2 Å². The number of rotatable bonds is 6. The first-order valence-corrected chi connectivity index (χ1v) is 6.01. The zero-order valence-electron chi connectivity index (χ0n) is 10.4. The van der Waals surface area contributed by atoms with Crippen LogP contribution in [-0.2, 0) is 11.3 Å². The molecule has 0 atom stereocenters. The van der Waals surface area contributed by atoms with E-state index in [4.69, 9.17) is 10.5 Å². The van der Waals surface area contributed by atoms with Crippen LogP contribution in [0.3, 0.4) is 0 Å². The Morgan fingerprint density at radius 2 is 2.17 bits per heavy atom. The molecule has 0 saturated carbocycles. The molecule has 6 nitrogen and oxygen atoms in total. The number of nitrogen functional groups attached to an aromatic ring is 1. The third kappa shape index (κ3) is 2.84. The average Bonchev–Trinajstić information content (AvgIpc) is 2.83. The monoisotopic (exact) mass is 247 g/mol. The molecular formula is C12H17N5O. The van der Waals surface area contributed by atoms with Crippen molar-refractivity contribution in [1.29, 1.82) is 0 Å². The summed E-state index contributed by atoms with van der Waals surface area (Å²) in [5.74, 6) is 0.699. The van der Waals surface area contributed by atoms with Gasteiger partial charge in [-0.1, -0.05) is 12.1 Å². The Labute approximate surface area is 106 Å². The van der Waals surface area contributed by atoms with Crippen molar-refractivity contribution in [3.63, 3.8) is 0 Å². The third-order valence-corrected chi connectivity index (χ3v) is 2.60. The predicted octanol–water partition coefficient (Wildman–Crippen LogP) is 1.35. The predicted molar refractivity (Wildman–Crippen MR) is 68.8 cm³/mol. The summed E-state index contributed by atoms with van der Waals surface area (Å²) >= 11 is 0. The van der Waals surface area contributed by atoms with Crippen molar-refractivity contribution in [2.45, 2.75) is 19.9 Å². The molecule has 0 amide bonds. The van der Waals surface area contributed by atoms with Crippen molar-refractivity contribution in [3.05, 3.63) is 24.3 Å². The second-order valence-corrected chi connectivity index (χ2v) is 3.86. The van der Waals surface area contributed by atoms with Crippen LogP contribution in [0.5, 0.6) is 0 Å². The second kappa shape index (κ2) is 6.11. The average molecular weight is 247 g/mol. The maximum Gasteiger partial charge on any atom is 0.184 e. The molecule has 2 N–H and O–H groups in total. The maximum absolute atomic E-state index is 5.92. The Morgan fingerprint density at radius 3 is 2.94 bits per heavy atom. The summed E-state index contributed by atoms with van der Waals surface area (Å²) in [6.45, 7) is 4.14. The first-order chi connectivity index (χ1) is 8.83. The minimum Gasteiger partial charge on any atom is -0.398 e. The zero-order valence-corrected chi connectivity index (χ0v) is 10.4. The maximum atomic E-state index is 5.92. The number of hydrogen-bond acceptors (Lipinski definition) is 5. The number of nitrogens with two attached hydrogens (primary N) is 1. The number of tetrazole rings is 1. The molecule has 6 heteroatoms. The highest BCUT2D eigenvalue weighted by molar-refractivity contribution is 5.70. The summed E-state index contributed by atoms with van der Waals surface area (Å²) in [5, 5.41) is 11.7. The summed E-state index contributed by atoms with van der Waals surface area (Å²) < 4.78 is 7.05. The number of benzene rings is 1. The highest BCUT2D eigenvalue weighted by Crippen LogP contribution is 2.22. The number of ether oxygens (including phenoxy) is 1. The van der Waals surface area contributed by atoms with Gasteiger partial charge in [0, 0.05) is 31.0 Å². The van der Waals surface area contributed by atoms with Gasteiger partial charge < -0.3 is 10.5 Å². The van der Waals surface area contributed by atoms with Gasteiger partial charge in [0.05, 0.1) is 0 Å². The van der Waals surface area contributed by atoms with Crippen LogP contribution < -0.4 is 5.73 Å². The first-order valence-electron chi connectivity index (χ1n) is 6.01. The molecule has 0 spiro atoms. The van der Waals surface area contributed by atoms with Gasteiger partial charge in [-0.05, 0) is 35.9 Å². The Balaban J connectivity index is 2.10. The fraction of sp³-hybridized carbons (Fsp3) is 0.417.